The average Bonchev–Trinajstić information content (AvgIpc) is 2.67. The van der Waals surface area contributed by atoms with Crippen molar-refractivity contribution < 1.29 is 13.9 Å². The van der Waals surface area contributed by atoms with E-state index in [0.29, 0.717) is 12.1 Å². The number of hydrogen-bond donors (Lipinski definition) is 0. The number of hydrogen-bond acceptors (Lipinski definition) is 4. The molecule has 0 atom stereocenters. The fraction of sp³-hybridized carbons (Fsp3) is 0.500. The Balaban J connectivity index is 2.00. The first kappa shape index (κ1) is 14.3. The van der Waals surface area contributed by atoms with E-state index < -0.39 is 5.82 Å². The van der Waals surface area contributed by atoms with E-state index in [1.54, 1.807) is 6.07 Å². The number of carbonyl (C=O) groups is 1. The van der Waals surface area contributed by atoms with E-state index >= 15 is 0 Å². The van der Waals surface area contributed by atoms with E-state index in [1.807, 2.05) is 11.8 Å². The number of Topliss-reactive ketones (excluding diaryl/α,β-unsaturated/α-hetero) is 1. The van der Waals surface area contributed by atoms with Gasteiger partial charge in [0.2, 0.25) is 0 Å². The van der Waals surface area contributed by atoms with Gasteiger partial charge in [-0.3, -0.25) is 9.69 Å². The third-order valence-corrected chi connectivity index (χ3v) is 4.20. The standard InChI is InChI=1S/C14H18FNO2S/c1-18-14-4-3-11(9-12(14)15)13(17)10-16-5-2-7-19-8-6-16/h3-4,9H,2,5-8,10H2,1H3. The molecule has 2 rings (SSSR count). The number of nitrogens with zero attached hydrogens (tertiary/aromatic N) is 1. The van der Waals surface area contributed by atoms with Gasteiger partial charge in [-0.2, -0.15) is 11.8 Å². The Bertz CT molecular complexity index is 445. The summed E-state index contributed by atoms with van der Waals surface area (Å²) >= 11 is 1.92. The van der Waals surface area contributed by atoms with E-state index in [1.165, 1.54) is 19.2 Å². The summed E-state index contributed by atoms with van der Waals surface area (Å²) in [6, 6.07) is 4.38. The molecule has 0 radical (unpaired) electrons. The van der Waals surface area contributed by atoms with Crippen LogP contribution in [0, 0.1) is 5.82 Å². The van der Waals surface area contributed by atoms with Gasteiger partial charge in [0.15, 0.2) is 17.3 Å². The van der Waals surface area contributed by atoms with Crippen molar-refractivity contribution in [2.45, 2.75) is 6.42 Å². The summed E-state index contributed by atoms with van der Waals surface area (Å²) in [7, 11) is 1.41. The number of benzene rings is 1. The SMILES string of the molecule is COc1ccc(C(=O)CN2CCCSCC2)cc1F. The predicted molar refractivity (Wildman–Crippen MR) is 75.7 cm³/mol. The van der Waals surface area contributed by atoms with Crippen molar-refractivity contribution in [3.63, 3.8) is 0 Å². The number of ether oxygens (including phenoxy) is 1. The van der Waals surface area contributed by atoms with Gasteiger partial charge < -0.3 is 4.74 Å². The molecule has 1 aromatic carbocycles. The first-order valence-corrected chi connectivity index (χ1v) is 7.53. The zero-order valence-corrected chi connectivity index (χ0v) is 11.8. The lowest BCUT2D eigenvalue weighted by atomic mass is 10.1. The van der Waals surface area contributed by atoms with Crippen LogP contribution in [0.2, 0.25) is 0 Å². The van der Waals surface area contributed by atoms with Crippen molar-refractivity contribution in [1.29, 1.82) is 0 Å². The Morgan fingerprint density at radius 2 is 2.26 bits per heavy atom. The monoisotopic (exact) mass is 283 g/mol. The second-order valence-corrected chi connectivity index (χ2v) is 5.74. The maximum Gasteiger partial charge on any atom is 0.176 e. The maximum atomic E-state index is 13.6. The molecule has 0 bridgehead atoms. The van der Waals surface area contributed by atoms with E-state index in [0.717, 1.165) is 31.0 Å². The highest BCUT2D eigenvalue weighted by Crippen LogP contribution is 2.18. The Morgan fingerprint density at radius 1 is 1.42 bits per heavy atom. The fourth-order valence-corrected chi connectivity index (χ4v) is 3.01. The Labute approximate surface area is 117 Å². The summed E-state index contributed by atoms with van der Waals surface area (Å²) in [6.07, 6.45) is 1.11. The second kappa shape index (κ2) is 6.91. The number of carbonyl (C=O) groups excluding carboxylic acids is 1. The molecule has 0 unspecified atom stereocenters. The fourth-order valence-electron chi connectivity index (χ4n) is 2.09. The molecule has 1 aliphatic rings. The van der Waals surface area contributed by atoms with Gasteiger partial charge in [0.1, 0.15) is 0 Å². The van der Waals surface area contributed by atoms with Crippen LogP contribution in [0.3, 0.4) is 0 Å². The Morgan fingerprint density at radius 3 is 3.00 bits per heavy atom. The van der Waals surface area contributed by atoms with E-state index in [2.05, 4.69) is 4.90 Å². The largest absolute Gasteiger partial charge is 0.494 e. The van der Waals surface area contributed by atoms with Crippen LogP contribution in [0.5, 0.6) is 5.75 Å². The molecule has 1 aromatic rings. The molecular weight excluding hydrogens is 265 g/mol. The summed E-state index contributed by atoms with van der Waals surface area (Å²) in [5, 5.41) is 0. The maximum absolute atomic E-state index is 13.6. The summed E-state index contributed by atoms with van der Waals surface area (Å²) in [5.41, 5.74) is 0.412. The molecule has 1 saturated heterocycles. The van der Waals surface area contributed by atoms with Gasteiger partial charge in [-0.15, -0.1) is 0 Å². The highest BCUT2D eigenvalue weighted by atomic mass is 32.2. The van der Waals surface area contributed by atoms with Crippen LogP contribution in [0.15, 0.2) is 18.2 Å². The van der Waals surface area contributed by atoms with Crippen LogP contribution < -0.4 is 4.74 Å². The van der Waals surface area contributed by atoms with Gasteiger partial charge in [0.25, 0.3) is 0 Å². The lowest BCUT2D eigenvalue weighted by molar-refractivity contribution is 0.0935. The minimum atomic E-state index is -0.486. The van der Waals surface area contributed by atoms with Crippen molar-refractivity contribution in [2.24, 2.45) is 0 Å². The van der Waals surface area contributed by atoms with Gasteiger partial charge in [0, 0.05) is 17.9 Å². The molecule has 5 heteroatoms. The Hall–Kier alpha value is -1.07. The normalized spacial score (nSPS) is 16.9. The summed E-state index contributed by atoms with van der Waals surface area (Å²) in [6.45, 7) is 2.23. The molecule has 1 heterocycles. The third kappa shape index (κ3) is 3.94. The van der Waals surface area contributed by atoms with Crippen LogP contribution in [-0.4, -0.2) is 48.9 Å². The predicted octanol–water partition coefficient (Wildman–Crippen LogP) is 2.46. The van der Waals surface area contributed by atoms with Crippen molar-refractivity contribution >= 4 is 17.5 Å². The van der Waals surface area contributed by atoms with Crippen LogP contribution in [0.4, 0.5) is 4.39 Å². The highest BCUT2D eigenvalue weighted by Gasteiger charge is 2.15. The van der Waals surface area contributed by atoms with E-state index in [4.69, 9.17) is 4.74 Å². The molecule has 0 N–H and O–H groups in total. The molecule has 0 saturated carbocycles. The minimum absolute atomic E-state index is 0.0338. The highest BCUT2D eigenvalue weighted by molar-refractivity contribution is 7.99. The molecule has 19 heavy (non-hydrogen) atoms. The Kier molecular flexibility index (Phi) is 5.22. The first-order valence-electron chi connectivity index (χ1n) is 6.37. The van der Waals surface area contributed by atoms with E-state index in [9.17, 15) is 9.18 Å². The third-order valence-electron chi connectivity index (χ3n) is 3.16. The molecule has 3 nitrogen and oxygen atoms in total. The molecule has 104 valence electrons. The lowest BCUT2D eigenvalue weighted by Crippen LogP contribution is -2.31. The van der Waals surface area contributed by atoms with Crippen molar-refractivity contribution in [1.82, 2.24) is 4.90 Å². The molecule has 0 aromatic heterocycles. The molecule has 1 fully saturated rings. The van der Waals surface area contributed by atoms with Crippen LogP contribution in [0.1, 0.15) is 16.8 Å². The van der Waals surface area contributed by atoms with Gasteiger partial charge in [-0.1, -0.05) is 0 Å². The van der Waals surface area contributed by atoms with Gasteiger partial charge in [0.05, 0.1) is 13.7 Å². The first-order chi connectivity index (χ1) is 9.20. The summed E-state index contributed by atoms with van der Waals surface area (Å²) in [5.74, 6) is 1.86. The van der Waals surface area contributed by atoms with E-state index in [-0.39, 0.29) is 11.5 Å². The van der Waals surface area contributed by atoms with Crippen LogP contribution in [-0.2, 0) is 0 Å². The number of thioether (sulfide) groups is 1. The van der Waals surface area contributed by atoms with Crippen LogP contribution >= 0.6 is 11.8 Å². The molecular formula is C14H18FNO2S. The van der Waals surface area contributed by atoms with Crippen LogP contribution in [0.25, 0.3) is 0 Å². The van der Waals surface area contributed by atoms with Crippen molar-refractivity contribution in [3.8, 4) is 5.75 Å². The topological polar surface area (TPSA) is 29.5 Å². The summed E-state index contributed by atoms with van der Waals surface area (Å²) < 4.78 is 18.4. The molecule has 0 amide bonds. The van der Waals surface area contributed by atoms with Crippen molar-refractivity contribution in [2.75, 3.05) is 38.2 Å². The smallest absolute Gasteiger partial charge is 0.176 e. The minimum Gasteiger partial charge on any atom is -0.494 e. The number of halogens is 1. The van der Waals surface area contributed by atoms with Crippen molar-refractivity contribution in [3.05, 3.63) is 29.6 Å². The average molecular weight is 283 g/mol. The second-order valence-electron chi connectivity index (χ2n) is 4.51. The number of methoxy groups -OCH3 is 1. The van der Waals surface area contributed by atoms with Gasteiger partial charge >= 0.3 is 0 Å². The zero-order valence-electron chi connectivity index (χ0n) is 11.0. The molecule has 0 spiro atoms. The van der Waals surface area contributed by atoms with Gasteiger partial charge in [-0.25, -0.2) is 4.39 Å². The zero-order chi connectivity index (χ0) is 13.7. The number of ketones is 1. The molecule has 0 aliphatic carbocycles. The number of rotatable bonds is 4. The van der Waals surface area contributed by atoms with Gasteiger partial charge in [-0.05, 0) is 36.9 Å². The quantitative estimate of drug-likeness (QED) is 0.794. The molecule has 1 aliphatic heterocycles. The summed E-state index contributed by atoms with van der Waals surface area (Å²) in [4.78, 5) is 14.3. The lowest BCUT2D eigenvalue weighted by Gasteiger charge is -2.18.